The number of hydrogen-bond acceptors (Lipinski definition) is 3. The monoisotopic (exact) mass is 256 g/mol. The molecular formula is C12H20N2O2S. The van der Waals surface area contributed by atoms with Crippen molar-refractivity contribution in [3.8, 4) is 0 Å². The largest absolute Gasteiger partial charge is 0.398 e. The SMILES string of the molecule is Cc1ccc(NS(=O)(=O)CC(C)(C)C)cc1N. The van der Waals surface area contributed by atoms with E-state index in [9.17, 15) is 8.42 Å². The molecule has 0 aliphatic heterocycles. The van der Waals surface area contributed by atoms with Gasteiger partial charge < -0.3 is 5.73 Å². The molecule has 5 heteroatoms. The highest BCUT2D eigenvalue weighted by atomic mass is 32.2. The Morgan fingerprint density at radius 1 is 1.29 bits per heavy atom. The molecule has 1 aromatic carbocycles. The number of benzene rings is 1. The lowest BCUT2D eigenvalue weighted by molar-refractivity contribution is 0.463. The summed E-state index contributed by atoms with van der Waals surface area (Å²) in [6.07, 6.45) is 0. The first kappa shape index (κ1) is 13.8. The predicted molar refractivity (Wildman–Crippen MR) is 72.5 cm³/mol. The van der Waals surface area contributed by atoms with Crippen LogP contribution in [0, 0.1) is 12.3 Å². The van der Waals surface area contributed by atoms with Crippen LogP contribution in [0.2, 0.25) is 0 Å². The summed E-state index contributed by atoms with van der Waals surface area (Å²) in [4.78, 5) is 0. The molecule has 0 saturated carbocycles. The first-order valence-electron chi connectivity index (χ1n) is 5.46. The van der Waals surface area contributed by atoms with Crippen molar-refractivity contribution in [3.05, 3.63) is 23.8 Å². The highest BCUT2D eigenvalue weighted by Crippen LogP contribution is 2.21. The summed E-state index contributed by atoms with van der Waals surface area (Å²) in [5.41, 5.74) is 7.49. The Kier molecular flexibility index (Phi) is 3.71. The van der Waals surface area contributed by atoms with Crippen molar-refractivity contribution < 1.29 is 8.42 Å². The minimum Gasteiger partial charge on any atom is -0.398 e. The lowest BCUT2D eigenvalue weighted by Gasteiger charge is -2.19. The van der Waals surface area contributed by atoms with Gasteiger partial charge in [0.2, 0.25) is 10.0 Å². The summed E-state index contributed by atoms with van der Waals surface area (Å²) >= 11 is 0. The number of sulfonamides is 1. The van der Waals surface area contributed by atoms with E-state index in [1.165, 1.54) is 0 Å². The second-order valence-corrected chi connectivity index (χ2v) is 7.22. The van der Waals surface area contributed by atoms with Gasteiger partial charge in [0.05, 0.1) is 11.4 Å². The van der Waals surface area contributed by atoms with Gasteiger partial charge in [0.25, 0.3) is 0 Å². The smallest absolute Gasteiger partial charge is 0.233 e. The van der Waals surface area contributed by atoms with Crippen molar-refractivity contribution in [1.82, 2.24) is 0 Å². The fraction of sp³-hybridized carbons (Fsp3) is 0.500. The fourth-order valence-corrected chi connectivity index (χ4v) is 3.19. The van der Waals surface area contributed by atoms with Crippen LogP contribution < -0.4 is 10.5 Å². The molecule has 0 bridgehead atoms. The number of nitrogens with one attached hydrogen (secondary N) is 1. The zero-order valence-electron chi connectivity index (χ0n) is 10.7. The van der Waals surface area contributed by atoms with E-state index >= 15 is 0 Å². The molecule has 3 N–H and O–H groups in total. The number of rotatable bonds is 3. The summed E-state index contributed by atoms with van der Waals surface area (Å²) in [6.45, 7) is 7.53. The van der Waals surface area contributed by atoms with E-state index in [-0.39, 0.29) is 11.2 Å². The third kappa shape index (κ3) is 4.65. The molecule has 0 amide bonds. The van der Waals surface area contributed by atoms with Crippen molar-refractivity contribution in [2.24, 2.45) is 5.41 Å². The first-order chi connectivity index (χ1) is 7.59. The molecule has 0 saturated heterocycles. The van der Waals surface area contributed by atoms with Gasteiger partial charge in [-0.25, -0.2) is 8.42 Å². The zero-order valence-corrected chi connectivity index (χ0v) is 11.6. The van der Waals surface area contributed by atoms with Crippen LogP contribution in [-0.2, 0) is 10.0 Å². The molecular weight excluding hydrogens is 236 g/mol. The summed E-state index contributed by atoms with van der Waals surface area (Å²) in [6, 6.07) is 5.14. The predicted octanol–water partition coefficient (Wildman–Crippen LogP) is 2.37. The molecule has 4 nitrogen and oxygen atoms in total. The van der Waals surface area contributed by atoms with Crippen molar-refractivity contribution in [2.75, 3.05) is 16.2 Å². The van der Waals surface area contributed by atoms with Gasteiger partial charge in [-0.15, -0.1) is 0 Å². The Labute approximate surface area is 103 Å². The Balaban J connectivity index is 2.87. The van der Waals surface area contributed by atoms with E-state index in [2.05, 4.69) is 4.72 Å². The maximum absolute atomic E-state index is 11.9. The highest BCUT2D eigenvalue weighted by Gasteiger charge is 2.21. The average molecular weight is 256 g/mol. The van der Waals surface area contributed by atoms with Gasteiger partial charge in [-0.1, -0.05) is 26.8 Å². The third-order valence-electron chi connectivity index (χ3n) is 2.18. The van der Waals surface area contributed by atoms with Gasteiger partial charge >= 0.3 is 0 Å². The van der Waals surface area contributed by atoms with Gasteiger partial charge in [0.15, 0.2) is 0 Å². The number of nitrogens with two attached hydrogens (primary N) is 1. The van der Waals surface area contributed by atoms with E-state index in [0.29, 0.717) is 11.4 Å². The summed E-state index contributed by atoms with van der Waals surface area (Å²) < 4.78 is 26.3. The molecule has 0 radical (unpaired) electrons. The zero-order chi connectivity index (χ0) is 13.3. The molecule has 0 aliphatic rings. The van der Waals surface area contributed by atoms with Crippen molar-refractivity contribution in [3.63, 3.8) is 0 Å². The summed E-state index contributed by atoms with van der Waals surface area (Å²) in [5, 5.41) is 0. The van der Waals surface area contributed by atoms with Gasteiger partial charge in [-0.05, 0) is 30.0 Å². The molecule has 0 atom stereocenters. The van der Waals surface area contributed by atoms with Crippen molar-refractivity contribution in [1.29, 1.82) is 0 Å². The molecule has 0 aliphatic carbocycles. The van der Waals surface area contributed by atoms with Crippen LogP contribution >= 0.6 is 0 Å². The molecule has 0 heterocycles. The van der Waals surface area contributed by atoms with Crippen LogP contribution in [0.4, 0.5) is 11.4 Å². The maximum Gasteiger partial charge on any atom is 0.233 e. The number of anilines is 2. The minimum atomic E-state index is -3.33. The van der Waals surface area contributed by atoms with Gasteiger partial charge in [0, 0.05) is 5.69 Å². The topological polar surface area (TPSA) is 72.2 Å². The Morgan fingerprint density at radius 3 is 2.35 bits per heavy atom. The normalized spacial score (nSPS) is 12.5. The minimum absolute atomic E-state index is 0.0772. The lowest BCUT2D eigenvalue weighted by atomic mass is 10.0. The summed E-state index contributed by atoms with van der Waals surface area (Å²) in [7, 11) is -3.33. The van der Waals surface area contributed by atoms with Crippen LogP contribution in [0.25, 0.3) is 0 Å². The second kappa shape index (κ2) is 4.56. The summed E-state index contributed by atoms with van der Waals surface area (Å²) in [5.74, 6) is 0.0772. The quantitative estimate of drug-likeness (QED) is 0.815. The van der Waals surface area contributed by atoms with Gasteiger partial charge in [-0.3, -0.25) is 4.72 Å². The number of hydrogen-bond donors (Lipinski definition) is 2. The molecule has 96 valence electrons. The van der Waals surface area contributed by atoms with Crippen molar-refractivity contribution in [2.45, 2.75) is 27.7 Å². The standard InChI is InChI=1S/C12H20N2O2S/c1-9-5-6-10(7-11(9)13)14-17(15,16)8-12(2,3)4/h5-7,14H,8,13H2,1-4H3. The average Bonchev–Trinajstić information content (AvgIpc) is 2.06. The van der Waals surface area contributed by atoms with Gasteiger partial charge in [0.1, 0.15) is 0 Å². The van der Waals surface area contributed by atoms with Crippen LogP contribution in [0.15, 0.2) is 18.2 Å². The molecule has 0 unspecified atom stereocenters. The van der Waals surface area contributed by atoms with Crippen LogP contribution in [0.5, 0.6) is 0 Å². The van der Waals surface area contributed by atoms with Crippen LogP contribution in [-0.4, -0.2) is 14.2 Å². The molecule has 0 aromatic heterocycles. The van der Waals surface area contributed by atoms with Gasteiger partial charge in [-0.2, -0.15) is 0 Å². The van der Waals surface area contributed by atoms with Crippen molar-refractivity contribution >= 4 is 21.4 Å². The third-order valence-corrected chi connectivity index (χ3v) is 3.97. The van der Waals surface area contributed by atoms with E-state index in [1.807, 2.05) is 27.7 Å². The van der Waals surface area contributed by atoms with E-state index in [4.69, 9.17) is 5.73 Å². The molecule has 1 aromatic rings. The Bertz CT molecular complexity index is 502. The number of aryl methyl sites for hydroxylation is 1. The maximum atomic E-state index is 11.9. The first-order valence-corrected chi connectivity index (χ1v) is 7.11. The molecule has 1 rings (SSSR count). The molecule has 0 spiro atoms. The highest BCUT2D eigenvalue weighted by molar-refractivity contribution is 7.92. The van der Waals surface area contributed by atoms with E-state index in [1.54, 1.807) is 18.2 Å². The molecule has 17 heavy (non-hydrogen) atoms. The molecule has 0 fully saturated rings. The Hall–Kier alpha value is -1.23. The van der Waals surface area contributed by atoms with Crippen LogP contribution in [0.3, 0.4) is 0 Å². The Morgan fingerprint density at radius 2 is 1.88 bits per heavy atom. The second-order valence-electron chi connectivity index (χ2n) is 5.49. The van der Waals surface area contributed by atoms with Crippen LogP contribution in [0.1, 0.15) is 26.3 Å². The van der Waals surface area contributed by atoms with E-state index < -0.39 is 10.0 Å². The lowest BCUT2D eigenvalue weighted by Crippen LogP contribution is -2.26. The fourth-order valence-electron chi connectivity index (χ4n) is 1.49. The van der Waals surface area contributed by atoms with E-state index in [0.717, 1.165) is 5.56 Å². The number of nitrogen functional groups attached to an aromatic ring is 1.